The summed E-state index contributed by atoms with van der Waals surface area (Å²) in [5, 5.41) is 2.91. The second-order valence-electron chi connectivity index (χ2n) is 7.35. The van der Waals surface area contributed by atoms with Gasteiger partial charge in [-0.2, -0.15) is 0 Å². The van der Waals surface area contributed by atoms with Gasteiger partial charge in [0.05, 0.1) is 14.2 Å². The highest BCUT2D eigenvalue weighted by atomic mass is 32.2. The quantitative estimate of drug-likeness (QED) is 0.492. The zero-order valence-electron chi connectivity index (χ0n) is 18.1. The minimum Gasteiger partial charge on any atom is -0.497 e. The summed E-state index contributed by atoms with van der Waals surface area (Å²) in [6.45, 7) is 0. The number of amides is 1. The second-order valence-corrected chi connectivity index (χ2v) is 9.00. The van der Waals surface area contributed by atoms with Crippen LogP contribution in [-0.2, 0) is 10.0 Å². The standard InChI is InChI=1S/C23H23N3O6S/c1-30-18-11-12-20(31-2)21(14-18)33(28,29)26-16-7-9-17(10-8-16)32-23-19(4-3-13-24-23)22(27)25-15-5-6-15/h3-4,7-15,26H,5-6H2,1-2H3,(H,25,27). The van der Waals surface area contributed by atoms with Gasteiger partial charge in [0.15, 0.2) is 0 Å². The fourth-order valence-electron chi connectivity index (χ4n) is 3.04. The van der Waals surface area contributed by atoms with Crippen LogP contribution in [0.3, 0.4) is 0 Å². The summed E-state index contributed by atoms with van der Waals surface area (Å²) < 4.78 is 44.4. The molecule has 4 rings (SSSR count). The smallest absolute Gasteiger partial charge is 0.265 e. The average molecular weight is 470 g/mol. The molecule has 2 aromatic carbocycles. The topological polar surface area (TPSA) is 116 Å². The molecule has 0 spiro atoms. The SMILES string of the molecule is COc1ccc(OC)c(S(=O)(=O)Nc2ccc(Oc3ncccc3C(=O)NC3CC3)cc2)c1. The maximum absolute atomic E-state index is 12.9. The van der Waals surface area contributed by atoms with Crippen molar-refractivity contribution in [2.24, 2.45) is 0 Å². The summed E-state index contributed by atoms with van der Waals surface area (Å²) in [4.78, 5) is 16.5. The predicted octanol–water partition coefficient (Wildman–Crippen LogP) is 3.58. The molecule has 0 bridgehead atoms. The number of carbonyl (C=O) groups excluding carboxylic acids is 1. The highest BCUT2D eigenvalue weighted by Crippen LogP contribution is 2.31. The molecule has 1 aromatic heterocycles. The minimum absolute atomic E-state index is 0.0514. The maximum Gasteiger partial charge on any atom is 0.265 e. The first-order valence-electron chi connectivity index (χ1n) is 10.2. The van der Waals surface area contributed by atoms with Crippen molar-refractivity contribution in [2.75, 3.05) is 18.9 Å². The van der Waals surface area contributed by atoms with Crippen LogP contribution in [0.1, 0.15) is 23.2 Å². The van der Waals surface area contributed by atoms with Crippen LogP contribution in [0.2, 0.25) is 0 Å². The Hall–Kier alpha value is -3.79. The highest BCUT2D eigenvalue weighted by Gasteiger charge is 2.26. The highest BCUT2D eigenvalue weighted by molar-refractivity contribution is 7.92. The van der Waals surface area contributed by atoms with E-state index in [0.717, 1.165) is 12.8 Å². The number of hydrogen-bond donors (Lipinski definition) is 2. The zero-order valence-corrected chi connectivity index (χ0v) is 18.9. The Labute approximate surface area is 191 Å². The predicted molar refractivity (Wildman–Crippen MR) is 122 cm³/mol. The summed E-state index contributed by atoms with van der Waals surface area (Å²) in [6, 6.07) is 14.3. The monoisotopic (exact) mass is 469 g/mol. The third-order valence-electron chi connectivity index (χ3n) is 4.91. The molecule has 0 atom stereocenters. The van der Waals surface area contributed by atoms with Crippen LogP contribution in [-0.4, -0.2) is 39.6 Å². The number of anilines is 1. The molecule has 3 aromatic rings. The lowest BCUT2D eigenvalue weighted by molar-refractivity contribution is 0.0948. The molecule has 33 heavy (non-hydrogen) atoms. The number of aromatic nitrogens is 1. The number of benzene rings is 2. The lowest BCUT2D eigenvalue weighted by Gasteiger charge is -2.13. The number of ether oxygens (including phenoxy) is 3. The van der Waals surface area contributed by atoms with Crippen molar-refractivity contribution < 1.29 is 27.4 Å². The molecule has 0 unspecified atom stereocenters. The number of nitrogens with zero attached hydrogens (tertiary/aromatic N) is 1. The normalized spacial score (nSPS) is 13.2. The molecule has 172 valence electrons. The van der Waals surface area contributed by atoms with Gasteiger partial charge in [0.1, 0.15) is 27.7 Å². The van der Waals surface area contributed by atoms with E-state index in [4.69, 9.17) is 14.2 Å². The fraction of sp³-hybridized carbons (Fsp3) is 0.217. The van der Waals surface area contributed by atoms with Crippen molar-refractivity contribution in [1.82, 2.24) is 10.3 Å². The third kappa shape index (κ3) is 5.35. The number of rotatable bonds is 9. The summed E-state index contributed by atoms with van der Waals surface area (Å²) in [5.74, 6) is 0.908. The van der Waals surface area contributed by atoms with Gasteiger partial charge in [-0.15, -0.1) is 0 Å². The Morgan fingerprint density at radius 2 is 1.73 bits per heavy atom. The molecule has 2 N–H and O–H groups in total. The van der Waals surface area contributed by atoms with Crippen LogP contribution in [0.15, 0.2) is 65.7 Å². The van der Waals surface area contributed by atoms with Crippen molar-refractivity contribution in [3.05, 3.63) is 66.4 Å². The van der Waals surface area contributed by atoms with Gasteiger partial charge in [-0.3, -0.25) is 9.52 Å². The molecular weight excluding hydrogens is 446 g/mol. The number of methoxy groups -OCH3 is 2. The number of nitrogens with one attached hydrogen (secondary N) is 2. The van der Waals surface area contributed by atoms with Crippen molar-refractivity contribution in [1.29, 1.82) is 0 Å². The van der Waals surface area contributed by atoms with Crippen molar-refractivity contribution in [2.45, 2.75) is 23.8 Å². The van der Waals surface area contributed by atoms with Gasteiger partial charge in [-0.1, -0.05) is 0 Å². The van der Waals surface area contributed by atoms with Gasteiger partial charge >= 0.3 is 0 Å². The van der Waals surface area contributed by atoms with E-state index in [1.165, 1.54) is 32.5 Å². The van der Waals surface area contributed by atoms with Gasteiger partial charge in [0.25, 0.3) is 15.9 Å². The summed E-state index contributed by atoms with van der Waals surface area (Å²) in [7, 11) is -1.10. The number of sulfonamides is 1. The first kappa shape index (κ1) is 22.4. The van der Waals surface area contributed by atoms with E-state index in [9.17, 15) is 13.2 Å². The molecule has 0 aliphatic heterocycles. The summed E-state index contributed by atoms with van der Waals surface area (Å²) in [6.07, 6.45) is 3.48. The molecule has 1 aliphatic rings. The molecule has 1 saturated carbocycles. The molecule has 0 radical (unpaired) electrons. The van der Waals surface area contributed by atoms with Crippen LogP contribution in [0.4, 0.5) is 5.69 Å². The molecular formula is C23H23N3O6S. The van der Waals surface area contributed by atoms with Gasteiger partial charge in [-0.25, -0.2) is 13.4 Å². The Kier molecular flexibility index (Phi) is 6.36. The fourth-order valence-corrected chi connectivity index (χ4v) is 4.29. The molecule has 0 saturated heterocycles. The second kappa shape index (κ2) is 9.37. The Morgan fingerprint density at radius 3 is 2.39 bits per heavy atom. The minimum atomic E-state index is -3.95. The summed E-state index contributed by atoms with van der Waals surface area (Å²) in [5.41, 5.74) is 0.652. The zero-order chi connectivity index (χ0) is 23.4. The first-order valence-corrected chi connectivity index (χ1v) is 11.7. The van der Waals surface area contributed by atoms with E-state index in [-0.39, 0.29) is 28.5 Å². The largest absolute Gasteiger partial charge is 0.497 e. The van der Waals surface area contributed by atoms with Crippen molar-refractivity contribution >= 4 is 21.6 Å². The van der Waals surface area contributed by atoms with E-state index in [1.54, 1.807) is 42.5 Å². The maximum atomic E-state index is 12.9. The van der Waals surface area contributed by atoms with E-state index >= 15 is 0 Å². The Bertz CT molecular complexity index is 1260. The molecule has 1 heterocycles. The lowest BCUT2D eigenvalue weighted by atomic mass is 10.2. The van der Waals surface area contributed by atoms with E-state index < -0.39 is 10.0 Å². The van der Waals surface area contributed by atoms with Crippen LogP contribution >= 0.6 is 0 Å². The van der Waals surface area contributed by atoms with E-state index in [1.807, 2.05) is 0 Å². The van der Waals surface area contributed by atoms with Gasteiger partial charge < -0.3 is 19.5 Å². The molecule has 1 fully saturated rings. The van der Waals surface area contributed by atoms with Crippen molar-refractivity contribution in [3.63, 3.8) is 0 Å². The molecule has 1 aliphatic carbocycles. The Balaban J connectivity index is 1.50. The van der Waals surface area contributed by atoms with Crippen LogP contribution < -0.4 is 24.2 Å². The molecule has 10 heteroatoms. The summed E-state index contributed by atoms with van der Waals surface area (Å²) >= 11 is 0. The molecule has 1 amide bonds. The lowest BCUT2D eigenvalue weighted by Crippen LogP contribution is -2.25. The van der Waals surface area contributed by atoms with E-state index in [0.29, 0.717) is 22.7 Å². The van der Waals surface area contributed by atoms with Gasteiger partial charge in [0.2, 0.25) is 5.88 Å². The third-order valence-corrected chi connectivity index (χ3v) is 6.31. The van der Waals surface area contributed by atoms with Gasteiger partial charge in [0, 0.05) is 24.0 Å². The average Bonchev–Trinajstić information content (AvgIpc) is 3.64. The van der Waals surface area contributed by atoms with E-state index in [2.05, 4.69) is 15.0 Å². The van der Waals surface area contributed by atoms with Gasteiger partial charge in [-0.05, 0) is 61.4 Å². The van der Waals surface area contributed by atoms with Crippen molar-refractivity contribution in [3.8, 4) is 23.1 Å². The number of pyridine rings is 1. The first-order chi connectivity index (χ1) is 15.9. The van der Waals surface area contributed by atoms with Crippen LogP contribution in [0.5, 0.6) is 23.1 Å². The van der Waals surface area contributed by atoms with Crippen LogP contribution in [0.25, 0.3) is 0 Å². The molecule has 9 nitrogen and oxygen atoms in total. The number of hydrogen-bond acceptors (Lipinski definition) is 7. The van der Waals surface area contributed by atoms with Crippen LogP contribution in [0, 0.1) is 0 Å². The number of carbonyl (C=O) groups is 1. The Morgan fingerprint density at radius 1 is 1.00 bits per heavy atom.